The molecule has 0 radical (unpaired) electrons. The van der Waals surface area contributed by atoms with E-state index in [0.29, 0.717) is 0 Å². The van der Waals surface area contributed by atoms with Crippen molar-refractivity contribution in [2.75, 3.05) is 47.0 Å². The van der Waals surface area contributed by atoms with Gasteiger partial charge in [-0.25, -0.2) is 19.9 Å². The van der Waals surface area contributed by atoms with Crippen LogP contribution in [-0.2, 0) is 0 Å². The quantitative estimate of drug-likeness (QED) is 0.443. The maximum absolute atomic E-state index is 4.56. The highest BCUT2D eigenvalue weighted by Gasteiger charge is 2.28. The van der Waals surface area contributed by atoms with Crippen molar-refractivity contribution in [2.45, 2.75) is 9.79 Å². The first-order chi connectivity index (χ1) is 16.2. The average Bonchev–Trinajstić information content (AvgIpc) is 3.37. The minimum absolute atomic E-state index is 0.728. The predicted octanol–water partition coefficient (Wildman–Crippen LogP) is 4.51. The van der Waals surface area contributed by atoms with Gasteiger partial charge in [-0.15, -0.1) is 0 Å². The molecule has 8 nitrogen and oxygen atoms in total. The molecule has 9 heteroatoms. The van der Waals surface area contributed by atoms with E-state index in [-0.39, 0.29) is 0 Å². The highest BCUT2D eigenvalue weighted by atomic mass is 32.2. The number of hydrogen-bond donors (Lipinski definition) is 0. The monoisotopic (exact) mass is 454 g/mol. The fourth-order valence-corrected chi connectivity index (χ4v) is 5.16. The van der Waals surface area contributed by atoms with Crippen molar-refractivity contribution >= 4 is 46.4 Å². The lowest BCUT2D eigenvalue weighted by Gasteiger charge is -2.20. The van der Waals surface area contributed by atoms with Gasteiger partial charge in [-0.1, -0.05) is 23.9 Å². The molecule has 0 bridgehead atoms. The van der Waals surface area contributed by atoms with E-state index in [9.17, 15) is 0 Å². The minimum Gasteiger partial charge on any atom is -0.338 e. The summed E-state index contributed by atoms with van der Waals surface area (Å²) in [5, 5.41) is 0. The molecule has 4 heterocycles. The van der Waals surface area contributed by atoms with Crippen molar-refractivity contribution in [3.05, 3.63) is 73.3 Å². The van der Waals surface area contributed by atoms with Gasteiger partial charge in [0, 0.05) is 60.0 Å². The Labute approximate surface area is 196 Å². The molecule has 0 spiro atoms. The molecule has 0 N–H and O–H groups in total. The molecule has 2 aromatic carbocycles. The van der Waals surface area contributed by atoms with E-state index in [1.807, 2.05) is 14.1 Å². The van der Waals surface area contributed by atoms with E-state index < -0.39 is 0 Å². The van der Waals surface area contributed by atoms with Crippen molar-refractivity contribution in [2.24, 2.45) is 0 Å². The maximum Gasteiger partial charge on any atom is 0.178 e. The summed E-state index contributed by atoms with van der Waals surface area (Å²) in [5.41, 5.74) is 2.21. The maximum atomic E-state index is 4.56. The molecule has 0 saturated heterocycles. The van der Waals surface area contributed by atoms with E-state index in [2.05, 4.69) is 88.1 Å². The zero-order valence-electron chi connectivity index (χ0n) is 18.3. The van der Waals surface area contributed by atoms with Crippen LogP contribution in [0, 0.1) is 0 Å². The van der Waals surface area contributed by atoms with Gasteiger partial charge in [0.1, 0.15) is 0 Å². The highest BCUT2D eigenvalue weighted by molar-refractivity contribution is 7.99. The number of nitrogens with zero attached hydrogens (tertiary/aromatic N) is 8. The number of fused-ring (bicyclic) bond motifs is 2. The first kappa shape index (κ1) is 19.8. The summed E-state index contributed by atoms with van der Waals surface area (Å²) in [7, 11) is 4.08. The van der Waals surface area contributed by atoms with E-state index >= 15 is 0 Å². The summed E-state index contributed by atoms with van der Waals surface area (Å²) in [5.74, 6) is 3.59. The number of hydrogen-bond acceptors (Lipinski definition) is 9. The minimum atomic E-state index is 0.728. The van der Waals surface area contributed by atoms with Crippen LogP contribution in [0.4, 0.5) is 34.6 Å². The average molecular weight is 455 g/mol. The van der Waals surface area contributed by atoms with Crippen LogP contribution in [0.5, 0.6) is 0 Å². The Balaban J connectivity index is 1.27. The van der Waals surface area contributed by atoms with Gasteiger partial charge in [0.25, 0.3) is 0 Å². The highest BCUT2D eigenvalue weighted by Crippen LogP contribution is 2.40. The largest absolute Gasteiger partial charge is 0.338 e. The molecule has 6 rings (SSSR count). The summed E-state index contributed by atoms with van der Waals surface area (Å²) in [4.78, 5) is 29.0. The van der Waals surface area contributed by atoms with Crippen LogP contribution in [0.1, 0.15) is 0 Å². The van der Waals surface area contributed by atoms with Gasteiger partial charge >= 0.3 is 0 Å². The first-order valence-corrected chi connectivity index (χ1v) is 11.5. The van der Waals surface area contributed by atoms with Gasteiger partial charge in [-0.05, 0) is 36.4 Å². The van der Waals surface area contributed by atoms with Crippen LogP contribution in [0.3, 0.4) is 0 Å². The molecule has 0 amide bonds. The van der Waals surface area contributed by atoms with Crippen LogP contribution in [0.15, 0.2) is 83.1 Å². The summed E-state index contributed by atoms with van der Waals surface area (Å²) < 4.78 is 0. The van der Waals surface area contributed by atoms with E-state index in [4.69, 9.17) is 0 Å². The molecule has 2 aliphatic heterocycles. The second-order valence-corrected chi connectivity index (χ2v) is 9.19. The van der Waals surface area contributed by atoms with Gasteiger partial charge in [0.05, 0.1) is 13.3 Å². The first-order valence-electron chi connectivity index (χ1n) is 10.6. The molecule has 164 valence electrons. The third-order valence-electron chi connectivity index (χ3n) is 5.76. The molecule has 4 aromatic rings. The second-order valence-electron chi connectivity index (χ2n) is 8.04. The molecule has 2 aromatic heterocycles. The topological polar surface area (TPSA) is 64.5 Å². The van der Waals surface area contributed by atoms with E-state index in [1.54, 1.807) is 36.5 Å². The van der Waals surface area contributed by atoms with Crippen LogP contribution < -0.4 is 19.6 Å². The Kier molecular flexibility index (Phi) is 4.76. The Bertz CT molecular complexity index is 1230. The van der Waals surface area contributed by atoms with Crippen molar-refractivity contribution in [1.29, 1.82) is 0 Å². The van der Waals surface area contributed by atoms with Crippen molar-refractivity contribution in [3.63, 3.8) is 0 Å². The molecule has 33 heavy (non-hydrogen) atoms. The van der Waals surface area contributed by atoms with Gasteiger partial charge in [0.2, 0.25) is 0 Å². The Morgan fingerprint density at radius 2 is 1.03 bits per heavy atom. The van der Waals surface area contributed by atoms with Gasteiger partial charge in [-0.2, -0.15) is 0 Å². The summed E-state index contributed by atoms with van der Waals surface area (Å²) in [6.45, 7) is 1.46. The van der Waals surface area contributed by atoms with Crippen molar-refractivity contribution in [3.8, 4) is 0 Å². The smallest absolute Gasteiger partial charge is 0.178 e. The number of aromatic nitrogens is 4. The van der Waals surface area contributed by atoms with Gasteiger partial charge in [0.15, 0.2) is 23.3 Å². The molecule has 0 atom stereocenters. The van der Waals surface area contributed by atoms with Crippen LogP contribution in [-0.4, -0.2) is 47.4 Å². The number of anilines is 6. The summed E-state index contributed by atoms with van der Waals surface area (Å²) >= 11 is 1.75. The molecule has 0 fully saturated rings. The van der Waals surface area contributed by atoms with Gasteiger partial charge in [-0.3, -0.25) is 0 Å². The number of benzene rings is 2. The lowest BCUT2D eigenvalue weighted by molar-refractivity contribution is 0.933. The molecule has 0 saturated carbocycles. The normalized spacial score (nSPS) is 14.6. The van der Waals surface area contributed by atoms with Crippen LogP contribution in [0.2, 0.25) is 0 Å². The van der Waals surface area contributed by atoms with Gasteiger partial charge < -0.3 is 19.6 Å². The number of rotatable bonds is 4. The molecule has 0 unspecified atom stereocenters. The Morgan fingerprint density at radius 3 is 1.48 bits per heavy atom. The summed E-state index contributed by atoms with van der Waals surface area (Å²) in [6, 6.07) is 17.1. The van der Waals surface area contributed by atoms with Crippen LogP contribution in [0.25, 0.3) is 0 Å². The fraction of sp³-hybridized carbons (Fsp3) is 0.167. The summed E-state index contributed by atoms with van der Waals surface area (Å²) in [6.07, 6.45) is 6.96. The Hall–Kier alpha value is -3.85. The Morgan fingerprint density at radius 1 is 0.606 bits per heavy atom. The zero-order valence-corrected chi connectivity index (χ0v) is 19.1. The molecule has 2 aliphatic rings. The van der Waals surface area contributed by atoms with Crippen molar-refractivity contribution < 1.29 is 0 Å². The standard InChI is InChI=1S/C24H22N8S/c1-29-15-31(23-21(29)25-9-11-27-23)17-5-3-7-19(13-17)33-20-8-4-6-18(14-20)32-16-30(2)22-24(32)28-12-10-26-22/h3-14H,15-16H2,1-2H3. The van der Waals surface area contributed by atoms with Crippen molar-refractivity contribution in [1.82, 2.24) is 19.9 Å². The lowest BCUT2D eigenvalue weighted by atomic mass is 10.3. The third-order valence-corrected chi connectivity index (χ3v) is 6.74. The lowest BCUT2D eigenvalue weighted by Crippen LogP contribution is -2.24. The molecular weight excluding hydrogens is 432 g/mol. The predicted molar refractivity (Wildman–Crippen MR) is 132 cm³/mol. The molecular formula is C24H22N8S. The molecule has 0 aliphatic carbocycles. The van der Waals surface area contributed by atoms with E-state index in [1.165, 1.54) is 9.79 Å². The fourth-order valence-electron chi connectivity index (χ4n) is 4.23. The SMILES string of the molecule is CN1CN(c2cccc(Sc3cccc(N4CN(C)c5nccnc54)c3)c2)c2nccnc21. The van der Waals surface area contributed by atoms with Crippen LogP contribution >= 0.6 is 11.8 Å². The van der Waals surface area contributed by atoms with E-state index in [0.717, 1.165) is 48.0 Å². The zero-order chi connectivity index (χ0) is 22.4. The third kappa shape index (κ3) is 3.50. The second kappa shape index (κ2) is 7.93.